The lowest BCUT2D eigenvalue weighted by atomic mass is 10.0. The van der Waals surface area contributed by atoms with Crippen molar-refractivity contribution in [1.29, 1.82) is 0 Å². The number of ether oxygens (including phenoxy) is 1. The number of carbonyl (C=O) groups is 1. The van der Waals surface area contributed by atoms with Crippen LogP contribution in [0.2, 0.25) is 0 Å². The van der Waals surface area contributed by atoms with Crippen molar-refractivity contribution in [3.63, 3.8) is 0 Å². The van der Waals surface area contributed by atoms with Gasteiger partial charge in [0.1, 0.15) is 0 Å². The largest absolute Gasteiger partial charge is 0.381 e. The van der Waals surface area contributed by atoms with Gasteiger partial charge in [-0.3, -0.25) is 4.79 Å². The molecule has 4 heteroatoms. The third-order valence-corrected chi connectivity index (χ3v) is 3.66. The van der Waals surface area contributed by atoms with Crippen LogP contribution in [0, 0.1) is 5.92 Å². The average molecular weight is 226 g/mol. The molecule has 4 nitrogen and oxygen atoms in total. The van der Waals surface area contributed by atoms with Crippen molar-refractivity contribution >= 4 is 5.91 Å². The van der Waals surface area contributed by atoms with Crippen LogP contribution in [0.25, 0.3) is 0 Å². The average Bonchev–Trinajstić information content (AvgIpc) is 2.82. The maximum atomic E-state index is 12.0. The minimum absolute atomic E-state index is 0.325. The van der Waals surface area contributed by atoms with Gasteiger partial charge < -0.3 is 14.5 Å². The topological polar surface area (TPSA) is 32.8 Å². The van der Waals surface area contributed by atoms with Crippen molar-refractivity contribution in [3.05, 3.63) is 0 Å². The van der Waals surface area contributed by atoms with Crippen LogP contribution in [-0.4, -0.2) is 61.6 Å². The van der Waals surface area contributed by atoms with Crippen molar-refractivity contribution in [2.45, 2.75) is 19.8 Å². The molecule has 16 heavy (non-hydrogen) atoms. The quantitative estimate of drug-likeness (QED) is 0.705. The molecule has 1 amide bonds. The highest BCUT2D eigenvalue weighted by Crippen LogP contribution is 2.18. The summed E-state index contributed by atoms with van der Waals surface area (Å²) < 4.78 is 5.30. The molecule has 1 unspecified atom stereocenters. The summed E-state index contributed by atoms with van der Waals surface area (Å²) in [5, 5.41) is 0. The lowest BCUT2D eigenvalue weighted by Gasteiger charge is -2.34. The maximum absolute atomic E-state index is 12.0. The van der Waals surface area contributed by atoms with E-state index in [4.69, 9.17) is 4.74 Å². The van der Waals surface area contributed by atoms with Crippen LogP contribution in [0.15, 0.2) is 0 Å². The van der Waals surface area contributed by atoms with Crippen molar-refractivity contribution in [2.24, 2.45) is 5.92 Å². The van der Waals surface area contributed by atoms with E-state index in [-0.39, 0.29) is 0 Å². The maximum Gasteiger partial charge on any atom is 0.223 e. The molecule has 0 radical (unpaired) electrons. The Kier molecular flexibility index (Phi) is 4.18. The summed E-state index contributed by atoms with van der Waals surface area (Å²) >= 11 is 0. The van der Waals surface area contributed by atoms with Crippen LogP contribution in [0.4, 0.5) is 0 Å². The molecule has 2 fully saturated rings. The van der Waals surface area contributed by atoms with Crippen LogP contribution >= 0.6 is 0 Å². The molecule has 2 aliphatic heterocycles. The number of carbonyl (C=O) groups excluding carboxylic acids is 1. The molecule has 2 rings (SSSR count). The van der Waals surface area contributed by atoms with Crippen molar-refractivity contribution in [3.8, 4) is 0 Å². The first-order chi connectivity index (χ1) is 7.79. The van der Waals surface area contributed by atoms with Crippen LogP contribution in [0.3, 0.4) is 0 Å². The molecule has 0 spiro atoms. The summed E-state index contributed by atoms with van der Waals surface area (Å²) in [4.78, 5) is 16.4. The highest BCUT2D eigenvalue weighted by molar-refractivity contribution is 5.76. The van der Waals surface area contributed by atoms with Crippen LogP contribution < -0.4 is 0 Å². The van der Waals surface area contributed by atoms with Crippen molar-refractivity contribution in [1.82, 2.24) is 9.80 Å². The van der Waals surface area contributed by atoms with E-state index in [2.05, 4.69) is 11.8 Å². The molecular weight excluding hydrogens is 204 g/mol. The fourth-order valence-electron chi connectivity index (χ4n) is 2.43. The van der Waals surface area contributed by atoms with Gasteiger partial charge in [0.2, 0.25) is 5.91 Å². The Morgan fingerprint density at radius 3 is 2.62 bits per heavy atom. The molecule has 0 N–H and O–H groups in total. The zero-order valence-corrected chi connectivity index (χ0v) is 10.2. The van der Waals surface area contributed by atoms with Gasteiger partial charge in [0.15, 0.2) is 0 Å². The smallest absolute Gasteiger partial charge is 0.223 e. The van der Waals surface area contributed by atoms with Gasteiger partial charge in [-0.05, 0) is 18.9 Å². The Bertz CT molecular complexity index is 231. The highest BCUT2D eigenvalue weighted by atomic mass is 16.5. The third-order valence-electron chi connectivity index (χ3n) is 3.66. The number of piperazine rings is 1. The Hall–Kier alpha value is -0.610. The number of nitrogens with zero attached hydrogens (tertiary/aromatic N) is 2. The standard InChI is InChI=1S/C12H22N2O2/c1-2-13-4-6-14(7-5-13)12(15)9-11-3-8-16-10-11/h11H,2-10H2,1H3. The first-order valence-corrected chi connectivity index (χ1v) is 6.37. The van der Waals surface area contributed by atoms with Crippen LogP contribution in [0.5, 0.6) is 0 Å². The monoisotopic (exact) mass is 226 g/mol. The summed E-state index contributed by atoms with van der Waals surface area (Å²) in [6.07, 6.45) is 1.74. The van der Waals surface area contributed by atoms with Crippen LogP contribution in [-0.2, 0) is 9.53 Å². The zero-order chi connectivity index (χ0) is 11.4. The molecule has 0 saturated carbocycles. The Morgan fingerprint density at radius 2 is 2.06 bits per heavy atom. The molecule has 2 heterocycles. The second-order valence-electron chi connectivity index (χ2n) is 4.75. The lowest BCUT2D eigenvalue weighted by Crippen LogP contribution is -2.48. The summed E-state index contributed by atoms with van der Waals surface area (Å²) in [7, 11) is 0. The van der Waals surface area contributed by atoms with E-state index in [0.717, 1.165) is 52.4 Å². The van der Waals surface area contributed by atoms with E-state index >= 15 is 0 Å². The van der Waals surface area contributed by atoms with E-state index in [0.29, 0.717) is 18.2 Å². The van der Waals surface area contributed by atoms with Gasteiger partial charge in [0.05, 0.1) is 0 Å². The van der Waals surface area contributed by atoms with Crippen molar-refractivity contribution in [2.75, 3.05) is 45.9 Å². The zero-order valence-electron chi connectivity index (χ0n) is 10.2. The number of likely N-dealkylation sites (N-methyl/N-ethyl adjacent to an activating group) is 1. The Morgan fingerprint density at radius 1 is 1.31 bits per heavy atom. The molecule has 92 valence electrons. The highest BCUT2D eigenvalue weighted by Gasteiger charge is 2.24. The van der Waals surface area contributed by atoms with Gasteiger partial charge in [-0.1, -0.05) is 6.92 Å². The minimum atomic E-state index is 0.325. The molecular formula is C12H22N2O2. The summed E-state index contributed by atoms with van der Waals surface area (Å²) in [6, 6.07) is 0. The van der Waals surface area contributed by atoms with Gasteiger partial charge >= 0.3 is 0 Å². The van der Waals surface area contributed by atoms with E-state index in [1.807, 2.05) is 4.90 Å². The second kappa shape index (κ2) is 5.64. The van der Waals surface area contributed by atoms with Gasteiger partial charge in [-0.2, -0.15) is 0 Å². The fraction of sp³-hybridized carbons (Fsp3) is 0.917. The lowest BCUT2D eigenvalue weighted by molar-refractivity contribution is -0.133. The van der Waals surface area contributed by atoms with E-state index in [1.165, 1.54) is 0 Å². The molecule has 0 aliphatic carbocycles. The SMILES string of the molecule is CCN1CCN(C(=O)CC2CCOC2)CC1. The number of rotatable bonds is 3. The number of hydrogen-bond acceptors (Lipinski definition) is 3. The molecule has 2 aliphatic rings. The van der Waals surface area contributed by atoms with Crippen LogP contribution in [0.1, 0.15) is 19.8 Å². The first kappa shape index (κ1) is 11.9. The van der Waals surface area contributed by atoms with Gasteiger partial charge in [-0.25, -0.2) is 0 Å². The third kappa shape index (κ3) is 2.95. The van der Waals surface area contributed by atoms with Gasteiger partial charge in [0, 0.05) is 45.8 Å². The van der Waals surface area contributed by atoms with Gasteiger partial charge in [0.25, 0.3) is 0 Å². The van der Waals surface area contributed by atoms with Gasteiger partial charge in [-0.15, -0.1) is 0 Å². The first-order valence-electron chi connectivity index (χ1n) is 6.37. The number of amides is 1. The Balaban J connectivity index is 1.73. The Labute approximate surface area is 97.5 Å². The normalized spacial score (nSPS) is 27.3. The fourth-order valence-corrected chi connectivity index (χ4v) is 2.43. The molecule has 2 saturated heterocycles. The molecule has 0 aromatic carbocycles. The molecule has 0 aromatic heterocycles. The predicted octanol–water partition coefficient (Wildman–Crippen LogP) is 0.577. The molecule has 0 bridgehead atoms. The van der Waals surface area contributed by atoms with E-state index < -0.39 is 0 Å². The summed E-state index contributed by atoms with van der Waals surface area (Å²) in [6.45, 7) is 8.75. The predicted molar refractivity (Wildman–Crippen MR) is 62.2 cm³/mol. The summed E-state index contributed by atoms with van der Waals surface area (Å²) in [5.41, 5.74) is 0. The number of hydrogen-bond donors (Lipinski definition) is 0. The minimum Gasteiger partial charge on any atom is -0.381 e. The van der Waals surface area contributed by atoms with Crippen molar-refractivity contribution < 1.29 is 9.53 Å². The molecule has 0 aromatic rings. The molecule has 1 atom stereocenters. The van der Waals surface area contributed by atoms with E-state index in [1.54, 1.807) is 0 Å². The summed E-state index contributed by atoms with van der Waals surface area (Å²) in [5.74, 6) is 0.794. The second-order valence-corrected chi connectivity index (χ2v) is 4.75. The van der Waals surface area contributed by atoms with E-state index in [9.17, 15) is 4.79 Å².